The zero-order valence-corrected chi connectivity index (χ0v) is 13.4. The summed E-state index contributed by atoms with van der Waals surface area (Å²) < 4.78 is 20.8. The van der Waals surface area contributed by atoms with E-state index in [-0.39, 0.29) is 44.3 Å². The van der Waals surface area contributed by atoms with Gasteiger partial charge in [0.15, 0.2) is 16.1 Å². The molecule has 1 aromatic carbocycles. The van der Waals surface area contributed by atoms with Gasteiger partial charge in [-0.1, -0.05) is 5.16 Å². The first-order valence-corrected chi connectivity index (χ1v) is 6.92. The monoisotopic (exact) mass is 367 g/mol. The largest absolute Gasteiger partial charge is 0.496 e. The number of fused-ring (bicyclic) bond motifs is 2. The smallest absolute Gasteiger partial charge is 0.236 e. The molecule has 0 bridgehead atoms. The molecular formula is C14H10BrNO6. The summed E-state index contributed by atoms with van der Waals surface area (Å²) in [5, 5.41) is 3.62. The van der Waals surface area contributed by atoms with Gasteiger partial charge in [0.25, 0.3) is 0 Å². The first-order chi connectivity index (χ1) is 10.5. The molecule has 0 aliphatic heterocycles. The van der Waals surface area contributed by atoms with E-state index in [4.69, 9.17) is 18.7 Å². The first-order valence-electron chi connectivity index (χ1n) is 6.12. The lowest BCUT2D eigenvalue weighted by Gasteiger charge is -2.20. The third-order valence-corrected chi connectivity index (χ3v) is 3.93. The zero-order valence-electron chi connectivity index (χ0n) is 11.9. The molecule has 2 aromatic rings. The molecule has 1 aliphatic carbocycles. The summed E-state index contributed by atoms with van der Waals surface area (Å²) >= 11 is 3.11. The molecule has 0 spiro atoms. The Morgan fingerprint density at radius 2 is 1.64 bits per heavy atom. The van der Waals surface area contributed by atoms with Crippen LogP contribution in [0.4, 0.5) is 0 Å². The Kier molecular flexibility index (Phi) is 3.40. The Morgan fingerprint density at radius 1 is 0.955 bits per heavy atom. The van der Waals surface area contributed by atoms with Crippen LogP contribution in [0.15, 0.2) is 15.2 Å². The van der Waals surface area contributed by atoms with E-state index < -0.39 is 11.6 Å². The van der Waals surface area contributed by atoms with Gasteiger partial charge in [0.05, 0.1) is 32.5 Å². The van der Waals surface area contributed by atoms with Crippen LogP contribution in [0.2, 0.25) is 0 Å². The molecule has 0 atom stereocenters. The maximum absolute atomic E-state index is 12.7. The Bertz CT molecular complexity index is 810. The number of benzene rings is 1. The van der Waals surface area contributed by atoms with Gasteiger partial charge in [-0.05, 0) is 15.9 Å². The highest BCUT2D eigenvalue weighted by atomic mass is 79.9. The van der Waals surface area contributed by atoms with Crippen LogP contribution in [-0.2, 0) is 0 Å². The molecule has 8 heteroatoms. The van der Waals surface area contributed by atoms with Crippen LogP contribution >= 0.6 is 15.9 Å². The minimum Gasteiger partial charge on any atom is -0.496 e. The number of ketones is 2. The number of carbonyl (C=O) groups is 2. The quantitative estimate of drug-likeness (QED) is 0.701. The summed E-state index contributed by atoms with van der Waals surface area (Å²) in [6, 6.07) is 1.50. The first kappa shape index (κ1) is 14.6. The molecule has 3 rings (SSSR count). The van der Waals surface area contributed by atoms with Gasteiger partial charge in [-0.15, -0.1) is 0 Å². The molecular weight excluding hydrogens is 358 g/mol. The van der Waals surface area contributed by atoms with Gasteiger partial charge < -0.3 is 18.7 Å². The lowest BCUT2D eigenvalue weighted by atomic mass is 9.87. The number of halogens is 1. The highest BCUT2D eigenvalue weighted by Crippen LogP contribution is 2.45. The van der Waals surface area contributed by atoms with E-state index >= 15 is 0 Å². The predicted octanol–water partition coefficient (Wildman–Crippen LogP) is 2.24. The van der Waals surface area contributed by atoms with Crippen LogP contribution in [0, 0.1) is 0 Å². The van der Waals surface area contributed by atoms with Crippen molar-refractivity contribution in [3.63, 3.8) is 0 Å². The van der Waals surface area contributed by atoms with Crippen LogP contribution < -0.4 is 14.2 Å². The fraction of sp³-hybridized carbons (Fsp3) is 0.214. The standard InChI is InChI=1S/C14H10BrNO6/c1-19-5-4-6(20-2)12(21-3)8-7(5)10(17)9-13(11(8)18)22-16-14(9)15/h4H,1-3H3. The number of ether oxygens (including phenoxy) is 3. The molecule has 0 unspecified atom stereocenters. The van der Waals surface area contributed by atoms with Gasteiger partial charge in [0, 0.05) is 6.07 Å². The van der Waals surface area contributed by atoms with Crippen molar-refractivity contribution >= 4 is 27.5 Å². The molecule has 0 amide bonds. The third kappa shape index (κ3) is 1.77. The SMILES string of the molecule is COc1cc(OC)c2c(c1OC)C(=O)c1onc(Br)c1C2=O. The fourth-order valence-electron chi connectivity index (χ4n) is 2.44. The molecule has 22 heavy (non-hydrogen) atoms. The lowest BCUT2D eigenvalue weighted by Crippen LogP contribution is -2.22. The molecule has 0 N–H and O–H groups in total. The summed E-state index contributed by atoms with van der Waals surface area (Å²) in [6.07, 6.45) is 0. The van der Waals surface area contributed by atoms with Gasteiger partial charge in [-0.2, -0.15) is 0 Å². The Hall–Kier alpha value is -2.35. The third-order valence-electron chi connectivity index (χ3n) is 3.39. The van der Waals surface area contributed by atoms with Crippen LogP contribution in [0.25, 0.3) is 0 Å². The van der Waals surface area contributed by atoms with E-state index in [1.54, 1.807) is 0 Å². The second kappa shape index (κ2) is 5.13. The molecule has 1 heterocycles. The van der Waals surface area contributed by atoms with E-state index in [9.17, 15) is 9.59 Å². The number of methoxy groups -OCH3 is 3. The average Bonchev–Trinajstić information content (AvgIpc) is 2.92. The molecule has 0 fully saturated rings. The number of hydrogen-bond acceptors (Lipinski definition) is 7. The number of rotatable bonds is 3. The van der Waals surface area contributed by atoms with Crippen molar-refractivity contribution in [1.82, 2.24) is 5.16 Å². The van der Waals surface area contributed by atoms with E-state index in [1.165, 1.54) is 27.4 Å². The minimum atomic E-state index is -0.517. The maximum atomic E-state index is 12.7. The lowest BCUT2D eigenvalue weighted by molar-refractivity contribution is 0.0949. The summed E-state index contributed by atoms with van der Waals surface area (Å²) in [5.74, 6) is -0.453. The van der Waals surface area contributed by atoms with Gasteiger partial charge in [-0.3, -0.25) is 9.59 Å². The van der Waals surface area contributed by atoms with Gasteiger partial charge in [0.1, 0.15) is 11.3 Å². The number of nitrogens with zero attached hydrogens (tertiary/aromatic N) is 1. The summed E-state index contributed by atoms with van der Waals surface area (Å²) in [7, 11) is 4.21. The molecule has 1 aliphatic rings. The van der Waals surface area contributed by atoms with Crippen molar-refractivity contribution in [3.05, 3.63) is 33.1 Å². The summed E-state index contributed by atoms with van der Waals surface area (Å²) in [6.45, 7) is 0. The topological polar surface area (TPSA) is 87.9 Å². The van der Waals surface area contributed by atoms with Gasteiger partial charge in [-0.25, -0.2) is 0 Å². The van der Waals surface area contributed by atoms with Crippen molar-refractivity contribution in [2.45, 2.75) is 0 Å². The van der Waals surface area contributed by atoms with Crippen molar-refractivity contribution < 1.29 is 28.3 Å². The van der Waals surface area contributed by atoms with E-state index in [0.717, 1.165) is 0 Å². The van der Waals surface area contributed by atoms with Crippen LogP contribution in [0.1, 0.15) is 32.0 Å². The normalized spacial score (nSPS) is 12.7. The highest BCUT2D eigenvalue weighted by Gasteiger charge is 2.41. The number of hydrogen-bond donors (Lipinski definition) is 0. The van der Waals surface area contributed by atoms with Crippen LogP contribution in [-0.4, -0.2) is 38.1 Å². The Labute approximate surface area is 133 Å². The van der Waals surface area contributed by atoms with Crippen molar-refractivity contribution in [1.29, 1.82) is 0 Å². The van der Waals surface area contributed by atoms with Crippen molar-refractivity contribution in [3.8, 4) is 17.2 Å². The molecule has 114 valence electrons. The minimum absolute atomic E-state index is 0.0415. The predicted molar refractivity (Wildman–Crippen MR) is 77.2 cm³/mol. The second-order valence-corrected chi connectivity index (χ2v) is 5.15. The van der Waals surface area contributed by atoms with Gasteiger partial charge >= 0.3 is 0 Å². The maximum Gasteiger partial charge on any atom is 0.236 e. The second-order valence-electron chi connectivity index (χ2n) is 4.40. The Morgan fingerprint density at radius 3 is 2.23 bits per heavy atom. The summed E-state index contributed by atoms with van der Waals surface area (Å²) in [4.78, 5) is 25.4. The highest BCUT2D eigenvalue weighted by molar-refractivity contribution is 9.10. The molecule has 1 aromatic heterocycles. The number of carbonyl (C=O) groups excluding carboxylic acids is 2. The molecule has 0 saturated heterocycles. The van der Waals surface area contributed by atoms with Crippen molar-refractivity contribution in [2.24, 2.45) is 0 Å². The fourth-order valence-corrected chi connectivity index (χ4v) is 2.87. The van der Waals surface area contributed by atoms with E-state index in [2.05, 4.69) is 21.1 Å². The summed E-state index contributed by atoms with van der Waals surface area (Å²) in [5.41, 5.74) is 0.212. The average molecular weight is 368 g/mol. The van der Waals surface area contributed by atoms with E-state index in [1.807, 2.05) is 0 Å². The van der Waals surface area contributed by atoms with Crippen molar-refractivity contribution in [2.75, 3.05) is 21.3 Å². The Balaban J connectivity index is 2.41. The zero-order chi connectivity index (χ0) is 16.0. The van der Waals surface area contributed by atoms with E-state index in [0.29, 0.717) is 0 Å². The van der Waals surface area contributed by atoms with Crippen LogP contribution in [0.5, 0.6) is 17.2 Å². The van der Waals surface area contributed by atoms with Gasteiger partial charge in [0.2, 0.25) is 17.3 Å². The number of aromatic nitrogens is 1. The molecule has 7 nitrogen and oxygen atoms in total. The van der Waals surface area contributed by atoms with Crippen LogP contribution in [0.3, 0.4) is 0 Å². The molecule has 0 saturated carbocycles. The molecule has 0 radical (unpaired) electrons.